The second kappa shape index (κ2) is 8.76. The van der Waals surface area contributed by atoms with Gasteiger partial charge in [-0.3, -0.25) is 14.6 Å². The molecule has 2 N–H and O–H groups in total. The lowest BCUT2D eigenvalue weighted by molar-refractivity contribution is 0.0949. The molecular formula is C21H16N4O2S2. The zero-order valence-corrected chi connectivity index (χ0v) is 16.8. The Morgan fingerprint density at radius 3 is 2.62 bits per heavy atom. The number of hydrogen-bond acceptors (Lipinski definition) is 6. The number of hydrogen-bond donors (Lipinski definition) is 2. The number of carbonyl (C=O) groups is 2. The van der Waals surface area contributed by atoms with Crippen molar-refractivity contribution in [3.05, 3.63) is 87.1 Å². The molecule has 4 rings (SSSR count). The maximum Gasteiger partial charge on any atom is 0.265 e. The van der Waals surface area contributed by atoms with Crippen molar-refractivity contribution in [3.63, 3.8) is 0 Å². The number of thiazole rings is 1. The minimum absolute atomic E-state index is 0.191. The van der Waals surface area contributed by atoms with E-state index in [4.69, 9.17) is 0 Å². The molecule has 0 atom stereocenters. The van der Waals surface area contributed by atoms with Gasteiger partial charge in [0.25, 0.3) is 11.8 Å². The van der Waals surface area contributed by atoms with Crippen LogP contribution < -0.4 is 10.6 Å². The van der Waals surface area contributed by atoms with Crippen molar-refractivity contribution in [1.29, 1.82) is 0 Å². The lowest BCUT2D eigenvalue weighted by atomic mass is 10.2. The van der Waals surface area contributed by atoms with E-state index in [1.165, 1.54) is 22.7 Å². The fourth-order valence-corrected chi connectivity index (χ4v) is 4.01. The minimum Gasteiger partial charge on any atom is -0.346 e. The van der Waals surface area contributed by atoms with Gasteiger partial charge in [-0.15, -0.1) is 22.7 Å². The summed E-state index contributed by atoms with van der Waals surface area (Å²) in [6, 6.07) is 14.2. The van der Waals surface area contributed by atoms with Crippen LogP contribution in [0.15, 0.2) is 71.7 Å². The van der Waals surface area contributed by atoms with Crippen LogP contribution in [-0.2, 0) is 6.54 Å². The number of aromatic nitrogens is 2. The summed E-state index contributed by atoms with van der Waals surface area (Å²) in [5.74, 6) is -0.415. The number of nitrogens with one attached hydrogen (secondary N) is 2. The Labute approximate surface area is 175 Å². The number of amides is 2. The third-order valence-corrected chi connectivity index (χ3v) is 5.77. The summed E-state index contributed by atoms with van der Waals surface area (Å²) in [7, 11) is 0. The summed E-state index contributed by atoms with van der Waals surface area (Å²) in [6.45, 7) is 0.334. The zero-order valence-electron chi connectivity index (χ0n) is 15.2. The Bertz CT molecular complexity index is 1120. The first-order chi connectivity index (χ1) is 14.2. The normalized spacial score (nSPS) is 10.5. The van der Waals surface area contributed by atoms with E-state index in [1.807, 2.05) is 29.0 Å². The number of nitrogens with zero attached hydrogens (tertiary/aromatic N) is 2. The van der Waals surface area contributed by atoms with Crippen LogP contribution in [0.4, 0.5) is 5.69 Å². The van der Waals surface area contributed by atoms with Crippen molar-refractivity contribution in [2.24, 2.45) is 0 Å². The highest BCUT2D eigenvalue weighted by Crippen LogP contribution is 2.21. The van der Waals surface area contributed by atoms with Crippen LogP contribution in [0.2, 0.25) is 0 Å². The molecule has 2 amide bonds. The first-order valence-electron chi connectivity index (χ1n) is 8.77. The van der Waals surface area contributed by atoms with Gasteiger partial charge in [0.2, 0.25) is 0 Å². The van der Waals surface area contributed by atoms with Crippen LogP contribution in [0.25, 0.3) is 11.3 Å². The van der Waals surface area contributed by atoms with Gasteiger partial charge in [0, 0.05) is 34.6 Å². The number of carbonyl (C=O) groups excluding carboxylic acids is 2. The molecule has 0 fully saturated rings. The highest BCUT2D eigenvalue weighted by Gasteiger charge is 2.11. The number of thiophene rings is 1. The molecule has 0 saturated heterocycles. The molecule has 0 aliphatic carbocycles. The van der Waals surface area contributed by atoms with E-state index in [1.54, 1.807) is 42.7 Å². The Hall–Kier alpha value is -3.36. The van der Waals surface area contributed by atoms with Crippen LogP contribution in [0.3, 0.4) is 0 Å². The van der Waals surface area contributed by atoms with Gasteiger partial charge in [-0.1, -0.05) is 12.1 Å². The molecule has 0 spiro atoms. The monoisotopic (exact) mass is 420 g/mol. The second-order valence-electron chi connectivity index (χ2n) is 6.06. The van der Waals surface area contributed by atoms with Crippen LogP contribution in [0.1, 0.15) is 25.0 Å². The third kappa shape index (κ3) is 4.74. The molecule has 0 aliphatic rings. The largest absolute Gasteiger partial charge is 0.346 e. The number of pyridine rings is 1. The van der Waals surface area contributed by atoms with Gasteiger partial charge in [0.15, 0.2) is 0 Å². The predicted molar refractivity (Wildman–Crippen MR) is 115 cm³/mol. The van der Waals surface area contributed by atoms with E-state index < -0.39 is 0 Å². The smallest absolute Gasteiger partial charge is 0.265 e. The molecule has 144 valence electrons. The molecule has 0 radical (unpaired) electrons. The Morgan fingerprint density at radius 1 is 0.966 bits per heavy atom. The van der Waals surface area contributed by atoms with Crippen molar-refractivity contribution in [3.8, 4) is 11.3 Å². The quantitative estimate of drug-likeness (QED) is 0.483. The highest BCUT2D eigenvalue weighted by molar-refractivity contribution is 7.12. The molecule has 4 aromatic rings. The molecule has 0 aliphatic heterocycles. The molecular weight excluding hydrogens is 404 g/mol. The van der Waals surface area contributed by atoms with Crippen molar-refractivity contribution in [2.75, 3.05) is 5.32 Å². The fraction of sp³-hybridized carbons (Fsp3) is 0.0476. The van der Waals surface area contributed by atoms with Crippen LogP contribution in [-0.4, -0.2) is 21.8 Å². The number of benzene rings is 1. The average molecular weight is 421 g/mol. The zero-order chi connectivity index (χ0) is 20.1. The van der Waals surface area contributed by atoms with E-state index in [0.717, 1.165) is 16.3 Å². The molecule has 6 nitrogen and oxygen atoms in total. The summed E-state index contributed by atoms with van der Waals surface area (Å²) in [4.78, 5) is 33.9. The second-order valence-corrected chi connectivity index (χ2v) is 7.95. The molecule has 29 heavy (non-hydrogen) atoms. The van der Waals surface area contributed by atoms with Gasteiger partial charge in [0.05, 0.1) is 17.1 Å². The molecule has 3 heterocycles. The molecule has 0 bridgehead atoms. The van der Waals surface area contributed by atoms with E-state index >= 15 is 0 Å². The maximum atomic E-state index is 12.5. The van der Waals surface area contributed by atoms with Crippen LogP contribution >= 0.6 is 22.7 Å². The van der Waals surface area contributed by atoms with Crippen molar-refractivity contribution < 1.29 is 9.59 Å². The topological polar surface area (TPSA) is 84.0 Å². The number of anilines is 1. The standard InChI is InChI=1S/C21H16N4O2S2/c26-20(23-12-19-25-17(13-29-19)14-6-8-22-9-7-14)15-3-1-4-16(11-15)24-21(27)18-5-2-10-28-18/h1-11,13H,12H2,(H,23,26)(H,24,27). The van der Waals surface area contributed by atoms with Gasteiger partial charge in [-0.05, 0) is 41.8 Å². The van der Waals surface area contributed by atoms with Crippen LogP contribution in [0, 0.1) is 0 Å². The van der Waals surface area contributed by atoms with Crippen molar-refractivity contribution in [1.82, 2.24) is 15.3 Å². The molecule has 3 aromatic heterocycles. The SMILES string of the molecule is O=C(NCc1nc(-c2ccncc2)cs1)c1cccc(NC(=O)c2cccs2)c1. The van der Waals surface area contributed by atoms with Gasteiger partial charge < -0.3 is 10.6 Å². The fourth-order valence-electron chi connectivity index (χ4n) is 2.64. The van der Waals surface area contributed by atoms with E-state index in [9.17, 15) is 9.59 Å². The third-order valence-electron chi connectivity index (χ3n) is 4.06. The lowest BCUT2D eigenvalue weighted by Crippen LogP contribution is -2.23. The first-order valence-corrected chi connectivity index (χ1v) is 10.5. The summed E-state index contributed by atoms with van der Waals surface area (Å²) in [6.07, 6.45) is 3.45. The van der Waals surface area contributed by atoms with Gasteiger partial charge in [-0.2, -0.15) is 0 Å². The molecule has 1 aromatic carbocycles. The number of rotatable bonds is 6. The summed E-state index contributed by atoms with van der Waals surface area (Å²) in [5.41, 5.74) is 2.90. The Kier molecular flexibility index (Phi) is 5.73. The average Bonchev–Trinajstić information content (AvgIpc) is 3.45. The Morgan fingerprint density at radius 2 is 1.83 bits per heavy atom. The molecule has 8 heteroatoms. The first kappa shape index (κ1) is 19.0. The van der Waals surface area contributed by atoms with E-state index in [2.05, 4.69) is 20.6 Å². The summed E-state index contributed by atoms with van der Waals surface area (Å²) in [5, 5.41) is 10.3. The summed E-state index contributed by atoms with van der Waals surface area (Å²) < 4.78 is 0. The van der Waals surface area contributed by atoms with Crippen molar-refractivity contribution >= 4 is 40.2 Å². The summed E-state index contributed by atoms with van der Waals surface area (Å²) >= 11 is 2.86. The van der Waals surface area contributed by atoms with Gasteiger partial charge >= 0.3 is 0 Å². The van der Waals surface area contributed by atoms with Crippen LogP contribution in [0.5, 0.6) is 0 Å². The van der Waals surface area contributed by atoms with Gasteiger partial charge in [-0.25, -0.2) is 4.98 Å². The minimum atomic E-state index is -0.224. The van der Waals surface area contributed by atoms with E-state index in [0.29, 0.717) is 22.7 Å². The Balaban J connectivity index is 1.38. The van der Waals surface area contributed by atoms with E-state index in [-0.39, 0.29) is 11.8 Å². The molecule has 0 saturated carbocycles. The lowest BCUT2D eigenvalue weighted by Gasteiger charge is -2.07. The maximum absolute atomic E-state index is 12.5. The molecule has 0 unspecified atom stereocenters. The highest BCUT2D eigenvalue weighted by atomic mass is 32.1. The predicted octanol–water partition coefficient (Wildman–Crippen LogP) is 4.45. The van der Waals surface area contributed by atoms with Crippen molar-refractivity contribution in [2.45, 2.75) is 6.54 Å². The van der Waals surface area contributed by atoms with Gasteiger partial charge in [0.1, 0.15) is 5.01 Å².